The van der Waals surface area contributed by atoms with Crippen molar-refractivity contribution in [3.05, 3.63) is 12.2 Å². The van der Waals surface area contributed by atoms with Crippen molar-refractivity contribution in [2.75, 3.05) is 13.7 Å². The lowest BCUT2D eigenvalue weighted by molar-refractivity contribution is 0.0802. The molecule has 0 bridgehead atoms. The van der Waals surface area contributed by atoms with Crippen LogP contribution in [0.3, 0.4) is 0 Å². The van der Waals surface area contributed by atoms with Gasteiger partial charge in [0.2, 0.25) is 0 Å². The number of rotatable bonds is 8. The lowest BCUT2D eigenvalue weighted by Gasteiger charge is -2.24. The zero-order valence-corrected chi connectivity index (χ0v) is 10.1. The fourth-order valence-corrected chi connectivity index (χ4v) is 1.40. The molecule has 84 valence electrons. The molecule has 0 aromatic rings. The van der Waals surface area contributed by atoms with Gasteiger partial charge in [0.05, 0.1) is 6.10 Å². The molecular formula is C12H25NO. The molecule has 0 aliphatic heterocycles. The molecule has 0 spiro atoms. The van der Waals surface area contributed by atoms with Crippen molar-refractivity contribution < 1.29 is 4.74 Å². The second-order valence-electron chi connectivity index (χ2n) is 4.00. The molecule has 2 heteroatoms. The van der Waals surface area contributed by atoms with Gasteiger partial charge in [0.15, 0.2) is 0 Å². The SMILES string of the molecule is C=C(C)CCC(NCCC)C(C)OC. The summed E-state index contributed by atoms with van der Waals surface area (Å²) in [6, 6.07) is 0.455. The summed E-state index contributed by atoms with van der Waals surface area (Å²) >= 11 is 0. The highest BCUT2D eigenvalue weighted by molar-refractivity contribution is 4.90. The minimum Gasteiger partial charge on any atom is -0.380 e. The minimum atomic E-state index is 0.279. The maximum absolute atomic E-state index is 5.35. The van der Waals surface area contributed by atoms with Crippen LogP contribution in [0.1, 0.15) is 40.0 Å². The summed E-state index contributed by atoms with van der Waals surface area (Å²) in [4.78, 5) is 0. The fourth-order valence-electron chi connectivity index (χ4n) is 1.40. The van der Waals surface area contributed by atoms with Crippen molar-refractivity contribution in [1.82, 2.24) is 5.32 Å². The van der Waals surface area contributed by atoms with Crippen LogP contribution in [0.5, 0.6) is 0 Å². The lowest BCUT2D eigenvalue weighted by Crippen LogP contribution is -2.39. The van der Waals surface area contributed by atoms with Gasteiger partial charge in [-0.3, -0.25) is 0 Å². The van der Waals surface area contributed by atoms with Crippen LogP contribution in [-0.2, 0) is 4.74 Å². The molecule has 0 aliphatic rings. The van der Waals surface area contributed by atoms with Crippen molar-refractivity contribution in [2.24, 2.45) is 0 Å². The Kier molecular flexibility index (Phi) is 7.81. The first-order chi connectivity index (χ1) is 6.61. The average molecular weight is 199 g/mol. The van der Waals surface area contributed by atoms with E-state index in [0.717, 1.165) is 19.4 Å². The molecule has 0 aromatic heterocycles. The predicted molar refractivity (Wildman–Crippen MR) is 62.6 cm³/mol. The van der Waals surface area contributed by atoms with E-state index in [0.29, 0.717) is 6.04 Å². The number of nitrogens with one attached hydrogen (secondary N) is 1. The molecule has 0 heterocycles. The van der Waals surface area contributed by atoms with Crippen LogP contribution in [0.25, 0.3) is 0 Å². The summed E-state index contributed by atoms with van der Waals surface area (Å²) in [7, 11) is 1.77. The Morgan fingerprint density at radius 2 is 2.14 bits per heavy atom. The Bertz CT molecular complexity index is 156. The molecule has 0 aliphatic carbocycles. The fraction of sp³-hybridized carbons (Fsp3) is 0.833. The van der Waals surface area contributed by atoms with Crippen LogP contribution in [0.15, 0.2) is 12.2 Å². The molecule has 0 saturated heterocycles. The standard InChI is InChI=1S/C12H25NO/c1-6-9-13-12(11(4)14-5)8-7-10(2)3/h11-13H,2,6-9H2,1,3-5H3. The van der Waals surface area contributed by atoms with E-state index in [4.69, 9.17) is 4.74 Å². The summed E-state index contributed by atoms with van der Waals surface area (Å²) in [5, 5.41) is 3.51. The highest BCUT2D eigenvalue weighted by atomic mass is 16.5. The summed E-state index contributed by atoms with van der Waals surface area (Å²) in [6.07, 6.45) is 3.64. The van der Waals surface area contributed by atoms with Gasteiger partial charge >= 0.3 is 0 Å². The third kappa shape index (κ3) is 6.17. The smallest absolute Gasteiger partial charge is 0.0696 e. The molecule has 14 heavy (non-hydrogen) atoms. The number of allylic oxidation sites excluding steroid dienone is 1. The molecular weight excluding hydrogens is 174 g/mol. The van der Waals surface area contributed by atoms with Crippen LogP contribution < -0.4 is 5.32 Å². The highest BCUT2D eigenvalue weighted by Gasteiger charge is 2.15. The molecule has 0 fully saturated rings. The van der Waals surface area contributed by atoms with Gasteiger partial charge < -0.3 is 10.1 Å². The molecule has 1 N–H and O–H groups in total. The third-order valence-corrected chi connectivity index (χ3v) is 2.48. The van der Waals surface area contributed by atoms with Crippen molar-refractivity contribution in [3.8, 4) is 0 Å². The topological polar surface area (TPSA) is 21.3 Å². The van der Waals surface area contributed by atoms with Crippen LogP contribution in [0, 0.1) is 0 Å². The molecule has 2 atom stereocenters. The maximum Gasteiger partial charge on any atom is 0.0696 e. The Hall–Kier alpha value is -0.340. The average Bonchev–Trinajstić information content (AvgIpc) is 2.16. The molecule has 0 saturated carbocycles. The first-order valence-electron chi connectivity index (χ1n) is 5.52. The summed E-state index contributed by atoms with van der Waals surface area (Å²) in [6.45, 7) is 11.4. The summed E-state index contributed by atoms with van der Waals surface area (Å²) in [5.41, 5.74) is 1.25. The van der Waals surface area contributed by atoms with Gasteiger partial charge in [-0.15, -0.1) is 6.58 Å². The maximum atomic E-state index is 5.35. The Labute approximate surface area is 88.7 Å². The minimum absolute atomic E-state index is 0.279. The largest absolute Gasteiger partial charge is 0.380 e. The van der Waals surface area contributed by atoms with Crippen LogP contribution in [-0.4, -0.2) is 25.8 Å². The Morgan fingerprint density at radius 1 is 1.50 bits per heavy atom. The van der Waals surface area contributed by atoms with E-state index >= 15 is 0 Å². The van der Waals surface area contributed by atoms with E-state index in [9.17, 15) is 0 Å². The van der Waals surface area contributed by atoms with E-state index in [2.05, 4.69) is 32.7 Å². The van der Waals surface area contributed by atoms with Crippen molar-refractivity contribution in [1.29, 1.82) is 0 Å². The van der Waals surface area contributed by atoms with Gasteiger partial charge in [0.25, 0.3) is 0 Å². The van der Waals surface area contributed by atoms with E-state index < -0.39 is 0 Å². The van der Waals surface area contributed by atoms with Crippen molar-refractivity contribution in [2.45, 2.75) is 52.2 Å². The second-order valence-corrected chi connectivity index (χ2v) is 4.00. The van der Waals surface area contributed by atoms with Gasteiger partial charge in [-0.05, 0) is 39.7 Å². The normalized spacial score (nSPS) is 15.1. The van der Waals surface area contributed by atoms with Crippen LogP contribution >= 0.6 is 0 Å². The molecule has 0 aromatic carbocycles. The van der Waals surface area contributed by atoms with Crippen LogP contribution in [0.2, 0.25) is 0 Å². The summed E-state index contributed by atoms with van der Waals surface area (Å²) < 4.78 is 5.35. The molecule has 2 nitrogen and oxygen atoms in total. The van der Waals surface area contributed by atoms with Crippen molar-refractivity contribution in [3.63, 3.8) is 0 Å². The van der Waals surface area contributed by atoms with E-state index in [1.165, 1.54) is 12.0 Å². The van der Waals surface area contributed by atoms with Crippen LogP contribution in [0.4, 0.5) is 0 Å². The number of ether oxygens (including phenoxy) is 1. The quantitative estimate of drug-likeness (QED) is 0.607. The monoisotopic (exact) mass is 199 g/mol. The zero-order valence-electron chi connectivity index (χ0n) is 10.1. The third-order valence-electron chi connectivity index (χ3n) is 2.48. The Morgan fingerprint density at radius 3 is 2.57 bits per heavy atom. The lowest BCUT2D eigenvalue weighted by atomic mass is 10.0. The van der Waals surface area contributed by atoms with E-state index in [1.54, 1.807) is 7.11 Å². The zero-order chi connectivity index (χ0) is 11.0. The van der Waals surface area contributed by atoms with Gasteiger partial charge in [0.1, 0.15) is 0 Å². The number of hydrogen-bond acceptors (Lipinski definition) is 2. The van der Waals surface area contributed by atoms with Gasteiger partial charge in [-0.1, -0.05) is 12.5 Å². The first-order valence-corrected chi connectivity index (χ1v) is 5.52. The molecule has 0 radical (unpaired) electrons. The number of hydrogen-bond donors (Lipinski definition) is 1. The van der Waals surface area contributed by atoms with E-state index in [-0.39, 0.29) is 6.10 Å². The van der Waals surface area contributed by atoms with Crippen molar-refractivity contribution >= 4 is 0 Å². The Balaban J connectivity index is 3.89. The second kappa shape index (κ2) is 8.01. The molecule has 0 rings (SSSR count). The predicted octanol–water partition coefficient (Wildman–Crippen LogP) is 2.75. The van der Waals surface area contributed by atoms with Gasteiger partial charge in [-0.2, -0.15) is 0 Å². The summed E-state index contributed by atoms with van der Waals surface area (Å²) in [5.74, 6) is 0. The number of methoxy groups -OCH3 is 1. The first kappa shape index (κ1) is 13.7. The highest BCUT2D eigenvalue weighted by Crippen LogP contribution is 2.09. The van der Waals surface area contributed by atoms with E-state index in [1.807, 2.05) is 0 Å². The molecule has 2 unspecified atom stereocenters. The molecule has 0 amide bonds. The van der Waals surface area contributed by atoms with Gasteiger partial charge in [0, 0.05) is 13.2 Å². The van der Waals surface area contributed by atoms with Gasteiger partial charge in [-0.25, -0.2) is 0 Å².